The van der Waals surface area contributed by atoms with E-state index in [1.54, 1.807) is 30.3 Å². The Morgan fingerprint density at radius 1 is 1.12 bits per heavy atom. The summed E-state index contributed by atoms with van der Waals surface area (Å²) in [5, 5.41) is 12.0. The first-order chi connectivity index (χ1) is 12.4. The molecule has 0 spiro atoms. The number of rotatable bonds is 4. The summed E-state index contributed by atoms with van der Waals surface area (Å²) in [6.45, 7) is 0. The zero-order valence-corrected chi connectivity index (χ0v) is 14.0. The number of halogens is 1. The van der Waals surface area contributed by atoms with Crippen LogP contribution in [0.4, 0.5) is 5.69 Å². The first-order valence-corrected chi connectivity index (χ1v) is 7.86. The Kier molecular flexibility index (Phi) is 4.86. The molecule has 0 unspecified atom stereocenters. The van der Waals surface area contributed by atoms with Crippen molar-refractivity contribution in [3.8, 4) is 0 Å². The summed E-state index contributed by atoms with van der Waals surface area (Å²) >= 11 is 5.87. The van der Waals surface area contributed by atoms with Gasteiger partial charge in [-0.3, -0.25) is 9.59 Å². The largest absolute Gasteiger partial charge is 0.478 e. The highest BCUT2D eigenvalue weighted by Gasteiger charge is 2.13. The van der Waals surface area contributed by atoms with Crippen LogP contribution in [0.3, 0.4) is 0 Å². The van der Waals surface area contributed by atoms with E-state index in [4.69, 9.17) is 21.1 Å². The fourth-order valence-electron chi connectivity index (χ4n) is 2.32. The van der Waals surface area contributed by atoms with Gasteiger partial charge in [0.25, 0.3) is 5.91 Å². The standard InChI is InChI=1S/C19H12ClNO5/c20-12-2-1-3-13(9-12)21-19(25)17-10-15(22)14-8-11(5-7-18(23)24)4-6-16(14)26-17/h1-10H,(H,21,25)(H,23,24)/b7-5+. The van der Waals surface area contributed by atoms with Crippen molar-refractivity contribution >= 4 is 46.2 Å². The summed E-state index contributed by atoms with van der Waals surface area (Å²) in [6.07, 6.45) is 2.33. The Hall–Kier alpha value is -3.38. The second kappa shape index (κ2) is 7.25. The summed E-state index contributed by atoms with van der Waals surface area (Å²) in [5.74, 6) is -1.82. The highest BCUT2D eigenvalue weighted by molar-refractivity contribution is 6.30. The molecule has 0 aliphatic heterocycles. The molecule has 0 aliphatic carbocycles. The highest BCUT2D eigenvalue weighted by Crippen LogP contribution is 2.18. The Morgan fingerprint density at radius 2 is 1.92 bits per heavy atom. The third-order valence-electron chi connectivity index (χ3n) is 3.48. The lowest BCUT2D eigenvalue weighted by atomic mass is 10.1. The minimum absolute atomic E-state index is 0.142. The Labute approximate surface area is 152 Å². The number of carboxylic acid groups (broad SMARTS) is 1. The van der Waals surface area contributed by atoms with Gasteiger partial charge in [0.2, 0.25) is 0 Å². The molecule has 2 aromatic carbocycles. The molecule has 6 nitrogen and oxygen atoms in total. The number of carbonyl (C=O) groups is 2. The summed E-state index contributed by atoms with van der Waals surface area (Å²) in [6, 6.07) is 12.3. The van der Waals surface area contributed by atoms with E-state index in [2.05, 4.69) is 5.32 Å². The molecule has 7 heteroatoms. The average Bonchev–Trinajstić information content (AvgIpc) is 2.60. The predicted octanol–water partition coefficient (Wildman–Crippen LogP) is 3.80. The van der Waals surface area contributed by atoms with Crippen molar-refractivity contribution in [2.45, 2.75) is 0 Å². The molecule has 0 bridgehead atoms. The molecule has 0 atom stereocenters. The van der Waals surface area contributed by atoms with Gasteiger partial charge in [-0.15, -0.1) is 0 Å². The quantitative estimate of drug-likeness (QED) is 0.682. The monoisotopic (exact) mass is 369 g/mol. The van der Waals surface area contributed by atoms with Crippen LogP contribution in [0.25, 0.3) is 17.0 Å². The second-order valence-electron chi connectivity index (χ2n) is 5.37. The van der Waals surface area contributed by atoms with E-state index in [-0.39, 0.29) is 16.7 Å². The predicted molar refractivity (Wildman–Crippen MR) is 98.6 cm³/mol. The Bertz CT molecular complexity index is 1100. The third-order valence-corrected chi connectivity index (χ3v) is 3.71. The lowest BCUT2D eigenvalue weighted by Crippen LogP contribution is -2.15. The van der Waals surface area contributed by atoms with Gasteiger partial charge in [0.1, 0.15) is 5.58 Å². The molecule has 1 heterocycles. The Morgan fingerprint density at radius 3 is 2.65 bits per heavy atom. The van der Waals surface area contributed by atoms with E-state index in [0.29, 0.717) is 16.3 Å². The van der Waals surface area contributed by atoms with Crippen LogP contribution < -0.4 is 10.7 Å². The molecule has 3 aromatic rings. The number of carboxylic acids is 1. The zero-order chi connectivity index (χ0) is 18.7. The van der Waals surface area contributed by atoms with Crippen LogP contribution in [0.1, 0.15) is 16.1 Å². The van der Waals surface area contributed by atoms with Crippen molar-refractivity contribution in [2.75, 3.05) is 5.32 Å². The van der Waals surface area contributed by atoms with Crippen molar-refractivity contribution in [3.05, 3.63) is 81.2 Å². The molecule has 26 heavy (non-hydrogen) atoms. The molecule has 2 N–H and O–H groups in total. The summed E-state index contributed by atoms with van der Waals surface area (Å²) in [7, 11) is 0. The van der Waals surface area contributed by atoms with Gasteiger partial charge in [-0.05, 0) is 42.0 Å². The molecule has 0 radical (unpaired) electrons. The highest BCUT2D eigenvalue weighted by atomic mass is 35.5. The maximum atomic E-state index is 12.3. The molecule has 1 aromatic heterocycles. The number of carbonyl (C=O) groups excluding carboxylic acids is 1. The van der Waals surface area contributed by atoms with Crippen molar-refractivity contribution in [2.24, 2.45) is 0 Å². The number of amides is 1. The van der Waals surface area contributed by atoms with E-state index >= 15 is 0 Å². The Balaban J connectivity index is 1.93. The molecule has 130 valence electrons. The van der Waals surface area contributed by atoms with Crippen LogP contribution in [-0.2, 0) is 4.79 Å². The van der Waals surface area contributed by atoms with Crippen molar-refractivity contribution in [1.82, 2.24) is 0 Å². The number of benzene rings is 2. The van der Waals surface area contributed by atoms with Gasteiger partial charge < -0.3 is 14.8 Å². The summed E-state index contributed by atoms with van der Waals surface area (Å²) in [5.41, 5.74) is 0.817. The lowest BCUT2D eigenvalue weighted by Gasteiger charge is -2.06. The van der Waals surface area contributed by atoms with E-state index in [1.807, 2.05) is 0 Å². The minimum atomic E-state index is -1.09. The maximum absolute atomic E-state index is 12.3. The van der Waals surface area contributed by atoms with Crippen molar-refractivity contribution in [1.29, 1.82) is 0 Å². The summed E-state index contributed by atoms with van der Waals surface area (Å²) in [4.78, 5) is 35.2. The van der Waals surface area contributed by atoms with Gasteiger partial charge in [-0.25, -0.2) is 4.79 Å². The molecule has 1 amide bonds. The van der Waals surface area contributed by atoms with Crippen LogP contribution in [0.5, 0.6) is 0 Å². The molecule has 0 fully saturated rings. The number of aliphatic carboxylic acids is 1. The maximum Gasteiger partial charge on any atom is 0.328 e. The zero-order valence-electron chi connectivity index (χ0n) is 13.2. The van der Waals surface area contributed by atoms with Gasteiger partial charge in [-0.2, -0.15) is 0 Å². The van der Waals surface area contributed by atoms with E-state index < -0.39 is 17.3 Å². The van der Waals surface area contributed by atoms with Gasteiger partial charge in [-0.1, -0.05) is 23.7 Å². The van der Waals surface area contributed by atoms with Crippen LogP contribution >= 0.6 is 11.6 Å². The number of anilines is 1. The number of nitrogens with one attached hydrogen (secondary N) is 1. The second-order valence-corrected chi connectivity index (χ2v) is 5.80. The number of fused-ring (bicyclic) bond motifs is 1. The van der Waals surface area contributed by atoms with E-state index in [0.717, 1.165) is 12.1 Å². The number of hydrogen-bond acceptors (Lipinski definition) is 4. The first-order valence-electron chi connectivity index (χ1n) is 7.48. The van der Waals surface area contributed by atoms with Gasteiger partial charge in [0.15, 0.2) is 11.2 Å². The molecule has 0 aliphatic rings. The van der Waals surface area contributed by atoms with Crippen LogP contribution in [0, 0.1) is 0 Å². The normalized spacial score (nSPS) is 11.0. The smallest absolute Gasteiger partial charge is 0.328 e. The average molecular weight is 370 g/mol. The number of hydrogen-bond donors (Lipinski definition) is 2. The van der Waals surface area contributed by atoms with Crippen molar-refractivity contribution < 1.29 is 19.1 Å². The van der Waals surface area contributed by atoms with Gasteiger partial charge in [0, 0.05) is 22.9 Å². The van der Waals surface area contributed by atoms with Gasteiger partial charge >= 0.3 is 5.97 Å². The third kappa shape index (κ3) is 3.99. The van der Waals surface area contributed by atoms with E-state index in [1.165, 1.54) is 18.2 Å². The van der Waals surface area contributed by atoms with E-state index in [9.17, 15) is 14.4 Å². The fourth-order valence-corrected chi connectivity index (χ4v) is 2.51. The molecule has 3 rings (SSSR count). The van der Waals surface area contributed by atoms with Crippen LogP contribution in [-0.4, -0.2) is 17.0 Å². The molecular formula is C19H12ClNO5. The molecular weight excluding hydrogens is 358 g/mol. The lowest BCUT2D eigenvalue weighted by molar-refractivity contribution is -0.131. The minimum Gasteiger partial charge on any atom is -0.478 e. The van der Waals surface area contributed by atoms with Crippen LogP contribution in [0.2, 0.25) is 5.02 Å². The van der Waals surface area contributed by atoms with Crippen molar-refractivity contribution in [3.63, 3.8) is 0 Å². The van der Waals surface area contributed by atoms with Gasteiger partial charge in [0.05, 0.1) is 5.39 Å². The SMILES string of the molecule is O=C(O)/C=C/c1ccc2oc(C(=O)Nc3cccc(Cl)c3)cc(=O)c2c1. The first kappa shape index (κ1) is 17.4. The summed E-state index contributed by atoms with van der Waals surface area (Å²) < 4.78 is 5.50. The topological polar surface area (TPSA) is 96.6 Å². The molecule has 0 saturated carbocycles. The van der Waals surface area contributed by atoms with Crippen LogP contribution in [0.15, 0.2) is 63.8 Å². The fraction of sp³-hybridized carbons (Fsp3) is 0. The molecule has 0 saturated heterocycles.